The number of thioether (sulfide) groups is 1. The smallest absolute Gasteiger partial charge is 0.147 e. The van der Waals surface area contributed by atoms with Gasteiger partial charge in [-0.05, 0) is 37.7 Å². The van der Waals surface area contributed by atoms with Crippen LogP contribution in [0.2, 0.25) is 0 Å². The van der Waals surface area contributed by atoms with E-state index in [1.54, 1.807) is 6.33 Å². The van der Waals surface area contributed by atoms with E-state index < -0.39 is 0 Å². The van der Waals surface area contributed by atoms with Crippen molar-refractivity contribution in [2.75, 3.05) is 19.2 Å². The van der Waals surface area contributed by atoms with Gasteiger partial charge in [-0.25, -0.2) is 9.97 Å². The van der Waals surface area contributed by atoms with Crippen LogP contribution in [0.1, 0.15) is 29.7 Å². The molecule has 112 valence electrons. The summed E-state index contributed by atoms with van der Waals surface area (Å²) in [5.74, 6) is 0.945. The van der Waals surface area contributed by atoms with Crippen LogP contribution < -0.4 is 0 Å². The SMILES string of the molecule is c1nc(SC[C@H]2CCOCO2)c2c3c(sc2n1)CCCC3. The van der Waals surface area contributed by atoms with Gasteiger partial charge in [0.15, 0.2) is 0 Å². The highest BCUT2D eigenvalue weighted by Gasteiger charge is 2.21. The molecule has 4 rings (SSSR count). The first-order valence-electron chi connectivity index (χ1n) is 7.49. The van der Waals surface area contributed by atoms with Gasteiger partial charge in [0, 0.05) is 16.0 Å². The monoisotopic (exact) mass is 322 g/mol. The molecular formula is C15H18N2O2S2. The van der Waals surface area contributed by atoms with Crippen molar-refractivity contribution in [2.24, 2.45) is 0 Å². The van der Waals surface area contributed by atoms with Gasteiger partial charge in [0.2, 0.25) is 0 Å². The summed E-state index contributed by atoms with van der Waals surface area (Å²) in [6.07, 6.45) is 7.96. The molecule has 1 fully saturated rings. The van der Waals surface area contributed by atoms with Crippen molar-refractivity contribution in [3.8, 4) is 0 Å². The molecule has 2 aliphatic rings. The first-order valence-corrected chi connectivity index (χ1v) is 9.29. The molecular weight excluding hydrogens is 304 g/mol. The van der Waals surface area contributed by atoms with Crippen molar-refractivity contribution >= 4 is 33.3 Å². The minimum atomic E-state index is 0.281. The highest BCUT2D eigenvalue weighted by molar-refractivity contribution is 7.99. The zero-order valence-electron chi connectivity index (χ0n) is 11.8. The van der Waals surface area contributed by atoms with E-state index in [0.717, 1.165) is 28.6 Å². The summed E-state index contributed by atoms with van der Waals surface area (Å²) in [5.41, 5.74) is 1.51. The number of aryl methyl sites for hydroxylation is 2. The zero-order chi connectivity index (χ0) is 14.1. The number of nitrogens with zero attached hydrogens (tertiary/aromatic N) is 2. The number of hydrogen-bond donors (Lipinski definition) is 0. The first-order chi connectivity index (χ1) is 10.4. The van der Waals surface area contributed by atoms with E-state index in [4.69, 9.17) is 9.47 Å². The van der Waals surface area contributed by atoms with Crippen LogP contribution in [0.25, 0.3) is 10.2 Å². The van der Waals surface area contributed by atoms with Crippen LogP contribution in [0.3, 0.4) is 0 Å². The van der Waals surface area contributed by atoms with Gasteiger partial charge < -0.3 is 9.47 Å². The molecule has 2 aromatic heterocycles. The molecule has 21 heavy (non-hydrogen) atoms. The van der Waals surface area contributed by atoms with Crippen molar-refractivity contribution in [2.45, 2.75) is 43.2 Å². The van der Waals surface area contributed by atoms with E-state index in [-0.39, 0.29) is 6.10 Å². The van der Waals surface area contributed by atoms with Gasteiger partial charge in [-0.2, -0.15) is 0 Å². The topological polar surface area (TPSA) is 44.2 Å². The van der Waals surface area contributed by atoms with Gasteiger partial charge in [0.1, 0.15) is 23.0 Å². The van der Waals surface area contributed by atoms with Crippen LogP contribution >= 0.6 is 23.1 Å². The quantitative estimate of drug-likeness (QED) is 0.640. The van der Waals surface area contributed by atoms with Crippen molar-refractivity contribution in [1.82, 2.24) is 9.97 Å². The second kappa shape index (κ2) is 6.20. The Balaban J connectivity index is 1.60. The highest BCUT2D eigenvalue weighted by Crippen LogP contribution is 2.39. The van der Waals surface area contributed by atoms with E-state index in [0.29, 0.717) is 6.79 Å². The van der Waals surface area contributed by atoms with Crippen LogP contribution in [0.5, 0.6) is 0 Å². The molecule has 0 N–H and O–H groups in total. The molecule has 0 bridgehead atoms. The summed E-state index contributed by atoms with van der Waals surface area (Å²) in [6, 6.07) is 0. The predicted octanol–water partition coefficient (Wildman–Crippen LogP) is 3.43. The first kappa shape index (κ1) is 13.9. The Bertz CT molecular complexity index is 638. The molecule has 6 heteroatoms. The van der Waals surface area contributed by atoms with Crippen molar-refractivity contribution < 1.29 is 9.47 Å². The van der Waals surface area contributed by atoms with Gasteiger partial charge in [-0.3, -0.25) is 0 Å². The predicted molar refractivity (Wildman–Crippen MR) is 85.1 cm³/mol. The summed E-state index contributed by atoms with van der Waals surface area (Å²) in [6.45, 7) is 1.23. The van der Waals surface area contributed by atoms with Crippen LogP contribution in [-0.2, 0) is 22.3 Å². The summed E-state index contributed by atoms with van der Waals surface area (Å²) in [4.78, 5) is 11.7. The average molecular weight is 322 g/mol. The van der Waals surface area contributed by atoms with Gasteiger partial charge >= 0.3 is 0 Å². The van der Waals surface area contributed by atoms with Crippen LogP contribution in [-0.4, -0.2) is 35.2 Å². The van der Waals surface area contributed by atoms with Gasteiger partial charge in [0.25, 0.3) is 0 Å². The van der Waals surface area contributed by atoms with E-state index in [9.17, 15) is 0 Å². The summed E-state index contributed by atoms with van der Waals surface area (Å²) < 4.78 is 10.9. The highest BCUT2D eigenvalue weighted by atomic mass is 32.2. The van der Waals surface area contributed by atoms with Crippen LogP contribution in [0.4, 0.5) is 0 Å². The fourth-order valence-electron chi connectivity index (χ4n) is 2.98. The van der Waals surface area contributed by atoms with Gasteiger partial charge in [0.05, 0.1) is 12.7 Å². The summed E-state index contributed by atoms with van der Waals surface area (Å²) in [7, 11) is 0. The molecule has 0 saturated carbocycles. The number of aromatic nitrogens is 2. The maximum atomic E-state index is 5.62. The van der Waals surface area contributed by atoms with Gasteiger partial charge in [-0.1, -0.05) is 0 Å². The molecule has 1 saturated heterocycles. The third kappa shape index (κ3) is 2.82. The maximum Gasteiger partial charge on any atom is 0.147 e. The normalized spacial score (nSPS) is 22.4. The lowest BCUT2D eigenvalue weighted by atomic mass is 9.97. The molecule has 2 aromatic rings. The molecule has 1 aliphatic heterocycles. The van der Waals surface area contributed by atoms with Gasteiger partial charge in [-0.15, -0.1) is 23.1 Å². The number of hydrogen-bond acceptors (Lipinski definition) is 6. The van der Waals surface area contributed by atoms with Crippen molar-refractivity contribution in [3.05, 3.63) is 16.8 Å². The Morgan fingerprint density at radius 1 is 1.29 bits per heavy atom. The van der Waals surface area contributed by atoms with E-state index in [1.165, 1.54) is 41.5 Å². The lowest BCUT2D eigenvalue weighted by Crippen LogP contribution is -2.25. The van der Waals surface area contributed by atoms with E-state index >= 15 is 0 Å². The Kier molecular flexibility index (Phi) is 4.12. The molecule has 4 nitrogen and oxygen atoms in total. The summed E-state index contributed by atoms with van der Waals surface area (Å²) >= 11 is 3.67. The number of fused-ring (bicyclic) bond motifs is 3. The number of thiophene rings is 1. The lowest BCUT2D eigenvalue weighted by molar-refractivity contribution is -0.130. The second-order valence-corrected chi connectivity index (χ2v) is 7.58. The fourth-order valence-corrected chi connectivity index (χ4v) is 5.36. The maximum absolute atomic E-state index is 5.62. The number of ether oxygens (including phenoxy) is 2. The molecule has 3 heterocycles. The fraction of sp³-hybridized carbons (Fsp3) is 0.600. The minimum absolute atomic E-state index is 0.281. The molecule has 1 aliphatic carbocycles. The Morgan fingerprint density at radius 2 is 2.24 bits per heavy atom. The van der Waals surface area contributed by atoms with E-state index in [2.05, 4.69) is 9.97 Å². The number of rotatable bonds is 3. The standard InChI is InChI=1S/C15H18N2O2S2/c1-2-4-12-11(3-1)13-14(16-8-17-15(13)21-12)20-7-10-5-6-18-9-19-10/h8,10H,1-7,9H2/t10-/m1/s1. The average Bonchev–Trinajstić information content (AvgIpc) is 2.93. The molecule has 0 radical (unpaired) electrons. The zero-order valence-corrected chi connectivity index (χ0v) is 13.5. The molecule has 0 amide bonds. The third-order valence-electron chi connectivity index (χ3n) is 4.09. The largest absolute Gasteiger partial charge is 0.355 e. The van der Waals surface area contributed by atoms with Crippen molar-refractivity contribution in [3.63, 3.8) is 0 Å². The van der Waals surface area contributed by atoms with Crippen molar-refractivity contribution in [1.29, 1.82) is 0 Å². The molecule has 0 spiro atoms. The second-order valence-electron chi connectivity index (χ2n) is 5.48. The molecule has 1 atom stereocenters. The third-order valence-corrected chi connectivity index (χ3v) is 6.41. The lowest BCUT2D eigenvalue weighted by Gasteiger charge is -2.22. The molecule has 0 unspecified atom stereocenters. The Hall–Kier alpha value is -0.690. The van der Waals surface area contributed by atoms with Crippen LogP contribution in [0.15, 0.2) is 11.4 Å². The van der Waals surface area contributed by atoms with Crippen LogP contribution in [0, 0.1) is 0 Å². The minimum Gasteiger partial charge on any atom is -0.355 e. The molecule has 0 aromatic carbocycles. The summed E-state index contributed by atoms with van der Waals surface area (Å²) in [5, 5.41) is 2.45. The Morgan fingerprint density at radius 3 is 3.14 bits per heavy atom. The van der Waals surface area contributed by atoms with E-state index in [1.807, 2.05) is 23.1 Å². The Labute approximate surface area is 132 Å².